The maximum Gasteiger partial charge on any atom is 0.309 e. The normalized spacial score (nSPS) is 35.0. The molecule has 2 rings (SSSR count). The fourth-order valence-corrected chi connectivity index (χ4v) is 1.87. The van der Waals surface area contributed by atoms with Crippen molar-refractivity contribution in [2.45, 2.75) is 12.8 Å². The van der Waals surface area contributed by atoms with Crippen molar-refractivity contribution in [3.63, 3.8) is 0 Å². The van der Waals surface area contributed by atoms with Gasteiger partial charge in [-0.2, -0.15) is 0 Å². The van der Waals surface area contributed by atoms with Crippen molar-refractivity contribution in [3.8, 4) is 0 Å². The summed E-state index contributed by atoms with van der Waals surface area (Å²) in [6.45, 7) is 1.18. The first-order valence-corrected chi connectivity index (χ1v) is 4.23. The minimum absolute atomic E-state index is 0.0128. The number of amides is 1. The average molecular weight is 169 g/mol. The molecule has 2 atom stereocenters. The Hall–Kier alpha value is -1.06. The maximum absolute atomic E-state index is 11.2. The van der Waals surface area contributed by atoms with Gasteiger partial charge in [-0.15, -0.1) is 0 Å². The minimum Gasteiger partial charge on any atom is -0.465 e. The van der Waals surface area contributed by atoms with Crippen molar-refractivity contribution in [1.82, 2.24) is 5.32 Å². The Kier molecular flexibility index (Phi) is 1.75. The van der Waals surface area contributed by atoms with Gasteiger partial charge in [0.1, 0.15) is 0 Å². The van der Waals surface area contributed by atoms with Crippen molar-refractivity contribution in [3.05, 3.63) is 0 Å². The number of hydrogen-bond donors (Lipinski definition) is 1. The molecular formula is C8H11NO3. The first-order chi connectivity index (χ1) is 5.79. The molecule has 0 bridgehead atoms. The van der Waals surface area contributed by atoms with Crippen molar-refractivity contribution in [2.24, 2.45) is 11.8 Å². The van der Waals surface area contributed by atoms with Crippen LogP contribution in [0.25, 0.3) is 0 Å². The number of carbonyl (C=O) groups is 2. The molecule has 12 heavy (non-hydrogen) atoms. The Morgan fingerprint density at radius 2 is 2.08 bits per heavy atom. The van der Waals surface area contributed by atoms with Gasteiger partial charge in [-0.05, 0) is 12.8 Å². The van der Waals surface area contributed by atoms with Crippen LogP contribution in [0.3, 0.4) is 0 Å². The molecule has 0 aromatic carbocycles. The summed E-state index contributed by atoms with van der Waals surface area (Å²) in [4.78, 5) is 22.3. The number of rotatable bonds is 1. The molecule has 4 nitrogen and oxygen atoms in total. The van der Waals surface area contributed by atoms with Gasteiger partial charge in [0.25, 0.3) is 0 Å². The van der Waals surface area contributed by atoms with Crippen LogP contribution in [0, 0.1) is 11.8 Å². The number of esters is 1. The second-order valence-corrected chi connectivity index (χ2v) is 3.25. The average Bonchev–Trinajstić information content (AvgIpc) is 2.59. The highest BCUT2D eigenvalue weighted by Crippen LogP contribution is 2.28. The third kappa shape index (κ3) is 1.07. The summed E-state index contributed by atoms with van der Waals surface area (Å²) in [6, 6.07) is 0. The van der Waals surface area contributed by atoms with Crippen molar-refractivity contribution < 1.29 is 14.3 Å². The molecule has 4 heteroatoms. The molecule has 0 aromatic heterocycles. The summed E-state index contributed by atoms with van der Waals surface area (Å²) in [5.41, 5.74) is 0. The Labute approximate surface area is 70.3 Å². The van der Waals surface area contributed by atoms with Crippen LogP contribution in [0.2, 0.25) is 0 Å². The monoisotopic (exact) mass is 169 g/mol. The van der Waals surface area contributed by atoms with Gasteiger partial charge in [0, 0.05) is 6.54 Å². The molecule has 1 amide bonds. The molecule has 0 aromatic rings. The number of nitrogens with one attached hydrogen (secondary N) is 1. The van der Waals surface area contributed by atoms with E-state index in [2.05, 4.69) is 5.32 Å². The van der Waals surface area contributed by atoms with E-state index in [1.54, 1.807) is 0 Å². The highest BCUT2D eigenvalue weighted by molar-refractivity contribution is 5.87. The summed E-state index contributed by atoms with van der Waals surface area (Å²) < 4.78 is 4.81. The van der Waals surface area contributed by atoms with Crippen LogP contribution in [-0.2, 0) is 14.3 Å². The Bertz CT molecular complexity index is 202. The first kappa shape index (κ1) is 7.58. The molecule has 2 unspecified atom stereocenters. The van der Waals surface area contributed by atoms with Crippen molar-refractivity contribution in [1.29, 1.82) is 0 Å². The predicted molar refractivity (Wildman–Crippen MR) is 40.2 cm³/mol. The zero-order chi connectivity index (χ0) is 8.55. The standard InChI is InChI=1S/C8H11NO3/c10-7-5(1-3-9-7)6-2-4-12-8(6)11/h5-6H,1-4H2,(H,9,10). The molecule has 2 aliphatic rings. The number of cyclic esters (lactones) is 1. The second-order valence-electron chi connectivity index (χ2n) is 3.25. The lowest BCUT2D eigenvalue weighted by Crippen LogP contribution is -2.27. The quantitative estimate of drug-likeness (QED) is 0.547. The molecule has 2 heterocycles. The van der Waals surface area contributed by atoms with Gasteiger partial charge >= 0.3 is 5.97 Å². The topological polar surface area (TPSA) is 55.4 Å². The molecule has 2 fully saturated rings. The number of carbonyl (C=O) groups excluding carboxylic acids is 2. The molecular weight excluding hydrogens is 158 g/mol. The van der Waals surface area contributed by atoms with Crippen LogP contribution in [0.4, 0.5) is 0 Å². The first-order valence-electron chi connectivity index (χ1n) is 4.23. The van der Waals surface area contributed by atoms with Crippen molar-refractivity contribution in [2.75, 3.05) is 13.2 Å². The zero-order valence-electron chi connectivity index (χ0n) is 6.71. The fraction of sp³-hybridized carbons (Fsp3) is 0.750. The minimum atomic E-state index is -0.197. The van der Waals surface area contributed by atoms with Crippen LogP contribution in [0.15, 0.2) is 0 Å². The van der Waals surface area contributed by atoms with Gasteiger partial charge in [-0.3, -0.25) is 9.59 Å². The summed E-state index contributed by atoms with van der Waals surface area (Å²) in [5.74, 6) is -0.483. The van der Waals surface area contributed by atoms with Crippen LogP contribution in [0.1, 0.15) is 12.8 Å². The van der Waals surface area contributed by atoms with E-state index in [1.165, 1.54) is 0 Å². The highest BCUT2D eigenvalue weighted by atomic mass is 16.5. The van der Waals surface area contributed by atoms with E-state index in [-0.39, 0.29) is 23.7 Å². The smallest absolute Gasteiger partial charge is 0.309 e. The van der Waals surface area contributed by atoms with Crippen molar-refractivity contribution >= 4 is 11.9 Å². The molecule has 2 aliphatic heterocycles. The van der Waals surface area contributed by atoms with E-state index in [0.717, 1.165) is 6.42 Å². The number of hydrogen-bond acceptors (Lipinski definition) is 3. The summed E-state index contributed by atoms with van der Waals surface area (Å²) >= 11 is 0. The van der Waals surface area contributed by atoms with Gasteiger partial charge in [-0.25, -0.2) is 0 Å². The van der Waals surface area contributed by atoms with E-state index in [4.69, 9.17) is 4.74 Å². The molecule has 0 radical (unpaired) electrons. The zero-order valence-corrected chi connectivity index (χ0v) is 6.71. The van der Waals surface area contributed by atoms with Gasteiger partial charge in [-0.1, -0.05) is 0 Å². The second kappa shape index (κ2) is 2.77. The van der Waals surface area contributed by atoms with Crippen LogP contribution in [-0.4, -0.2) is 25.0 Å². The van der Waals surface area contributed by atoms with E-state index in [9.17, 15) is 9.59 Å². The molecule has 66 valence electrons. The molecule has 0 spiro atoms. The van der Waals surface area contributed by atoms with E-state index < -0.39 is 0 Å². The fourth-order valence-electron chi connectivity index (χ4n) is 1.87. The highest BCUT2D eigenvalue weighted by Gasteiger charge is 2.40. The third-order valence-corrected chi connectivity index (χ3v) is 2.55. The van der Waals surface area contributed by atoms with Gasteiger partial charge in [0.15, 0.2) is 0 Å². The lowest BCUT2D eigenvalue weighted by molar-refractivity contribution is -0.144. The third-order valence-electron chi connectivity index (χ3n) is 2.55. The maximum atomic E-state index is 11.2. The molecule has 0 saturated carbocycles. The summed E-state index contributed by atoms with van der Waals surface area (Å²) in [7, 11) is 0. The lowest BCUT2D eigenvalue weighted by Gasteiger charge is -2.09. The van der Waals surface area contributed by atoms with Crippen LogP contribution < -0.4 is 5.32 Å². The van der Waals surface area contributed by atoms with Gasteiger partial charge in [0.2, 0.25) is 5.91 Å². The Morgan fingerprint density at radius 1 is 1.25 bits per heavy atom. The van der Waals surface area contributed by atoms with E-state index >= 15 is 0 Å². The van der Waals surface area contributed by atoms with Gasteiger partial charge in [0.05, 0.1) is 18.4 Å². The van der Waals surface area contributed by atoms with Crippen LogP contribution in [0.5, 0.6) is 0 Å². The number of ether oxygens (including phenoxy) is 1. The molecule has 0 aliphatic carbocycles. The summed E-state index contributed by atoms with van der Waals surface area (Å²) in [6.07, 6.45) is 1.48. The largest absolute Gasteiger partial charge is 0.465 e. The van der Waals surface area contributed by atoms with Crippen LogP contribution >= 0.6 is 0 Å². The summed E-state index contributed by atoms with van der Waals surface area (Å²) in [5, 5.41) is 2.72. The van der Waals surface area contributed by atoms with Gasteiger partial charge < -0.3 is 10.1 Å². The van der Waals surface area contributed by atoms with E-state index in [0.29, 0.717) is 19.6 Å². The SMILES string of the molecule is O=C1NCCC1C1CCOC1=O. The lowest BCUT2D eigenvalue weighted by atomic mass is 9.90. The molecule has 2 saturated heterocycles. The Morgan fingerprint density at radius 3 is 2.58 bits per heavy atom. The van der Waals surface area contributed by atoms with E-state index in [1.807, 2.05) is 0 Å². The molecule has 1 N–H and O–H groups in total. The predicted octanol–water partition coefficient (Wildman–Crippen LogP) is -0.314. The Balaban J connectivity index is 2.08.